The molecule has 0 aliphatic heterocycles. The quantitative estimate of drug-likeness (QED) is 0.685. The van der Waals surface area contributed by atoms with Crippen molar-refractivity contribution in [2.24, 2.45) is 0 Å². The van der Waals surface area contributed by atoms with E-state index in [4.69, 9.17) is 11.6 Å². The Hall–Kier alpha value is -2.33. The Morgan fingerprint density at radius 1 is 1.04 bits per heavy atom. The monoisotopic (exact) mass is 358 g/mol. The largest absolute Gasteiger partial charge is 0.352 e. The Labute approximate surface area is 153 Å². The molecule has 2 aromatic carbocycles. The Kier molecular flexibility index (Phi) is 7.48. The summed E-state index contributed by atoms with van der Waals surface area (Å²) < 4.78 is 0. The number of para-hydroxylation sites is 1. The van der Waals surface area contributed by atoms with Gasteiger partial charge in [-0.1, -0.05) is 55.3 Å². The number of hydrogen-bond donors (Lipinski definition) is 2. The summed E-state index contributed by atoms with van der Waals surface area (Å²) in [4.78, 5) is 24.5. The zero-order chi connectivity index (χ0) is 18.1. The van der Waals surface area contributed by atoms with Crippen LogP contribution in [-0.2, 0) is 11.2 Å². The molecule has 4 nitrogen and oxygen atoms in total. The van der Waals surface area contributed by atoms with Gasteiger partial charge in [0.1, 0.15) is 0 Å². The predicted octanol–water partition coefficient (Wildman–Crippen LogP) is 4.44. The van der Waals surface area contributed by atoms with Crippen LogP contribution in [0.5, 0.6) is 0 Å². The normalized spacial score (nSPS) is 10.3. The smallest absolute Gasteiger partial charge is 0.253 e. The first-order valence-electron chi connectivity index (χ1n) is 8.52. The standard InChI is InChI=1S/C20H23ClN2O2/c1-2-3-14-22-20(25)16-9-5-7-11-18(16)23-19(24)13-12-15-8-4-6-10-17(15)21/h4-11H,2-3,12-14H2,1H3,(H,22,25)(H,23,24). The van der Waals surface area contributed by atoms with Crippen LogP contribution in [-0.4, -0.2) is 18.4 Å². The fourth-order valence-corrected chi connectivity index (χ4v) is 2.66. The minimum absolute atomic E-state index is 0.145. The first-order chi connectivity index (χ1) is 12.1. The highest BCUT2D eigenvalue weighted by Crippen LogP contribution is 2.18. The van der Waals surface area contributed by atoms with Crippen LogP contribution in [0, 0.1) is 0 Å². The second-order valence-corrected chi connectivity index (χ2v) is 6.20. The topological polar surface area (TPSA) is 58.2 Å². The van der Waals surface area contributed by atoms with Gasteiger partial charge in [-0.15, -0.1) is 0 Å². The average Bonchev–Trinajstić information content (AvgIpc) is 2.61. The summed E-state index contributed by atoms with van der Waals surface area (Å²) in [5, 5.41) is 6.36. The van der Waals surface area contributed by atoms with Gasteiger partial charge in [0.25, 0.3) is 5.91 Å². The third-order valence-electron chi connectivity index (χ3n) is 3.84. The van der Waals surface area contributed by atoms with E-state index in [-0.39, 0.29) is 11.8 Å². The number of rotatable bonds is 8. The van der Waals surface area contributed by atoms with E-state index in [0.717, 1.165) is 18.4 Å². The molecule has 0 aliphatic rings. The fraction of sp³-hybridized carbons (Fsp3) is 0.300. The van der Waals surface area contributed by atoms with E-state index in [1.807, 2.05) is 24.3 Å². The molecule has 0 saturated heterocycles. The van der Waals surface area contributed by atoms with Gasteiger partial charge in [-0.2, -0.15) is 0 Å². The summed E-state index contributed by atoms with van der Waals surface area (Å²) in [6, 6.07) is 14.5. The molecule has 0 fully saturated rings. The summed E-state index contributed by atoms with van der Waals surface area (Å²) in [6.07, 6.45) is 2.80. The molecule has 2 N–H and O–H groups in total. The highest BCUT2D eigenvalue weighted by Gasteiger charge is 2.13. The van der Waals surface area contributed by atoms with Gasteiger partial charge in [-0.05, 0) is 36.6 Å². The lowest BCUT2D eigenvalue weighted by Gasteiger charge is -2.11. The van der Waals surface area contributed by atoms with Crippen LogP contribution in [0.1, 0.15) is 42.1 Å². The highest BCUT2D eigenvalue weighted by atomic mass is 35.5. The van der Waals surface area contributed by atoms with Crippen molar-refractivity contribution in [3.63, 3.8) is 0 Å². The van der Waals surface area contributed by atoms with Crippen LogP contribution < -0.4 is 10.6 Å². The summed E-state index contributed by atoms with van der Waals surface area (Å²) in [5.74, 6) is -0.316. The maximum Gasteiger partial charge on any atom is 0.253 e. The number of amides is 2. The van der Waals surface area contributed by atoms with Crippen molar-refractivity contribution in [2.75, 3.05) is 11.9 Å². The van der Waals surface area contributed by atoms with Gasteiger partial charge in [0.2, 0.25) is 5.91 Å². The van der Waals surface area contributed by atoms with Crippen molar-refractivity contribution in [3.05, 3.63) is 64.7 Å². The van der Waals surface area contributed by atoms with Crippen LogP contribution in [0.25, 0.3) is 0 Å². The molecule has 5 heteroatoms. The molecule has 0 aliphatic carbocycles. The fourth-order valence-electron chi connectivity index (χ4n) is 2.43. The first kappa shape index (κ1) is 19.0. The zero-order valence-electron chi connectivity index (χ0n) is 14.3. The van der Waals surface area contributed by atoms with Crippen molar-refractivity contribution in [1.82, 2.24) is 5.32 Å². The minimum atomic E-state index is -0.171. The molecule has 0 atom stereocenters. The summed E-state index contributed by atoms with van der Waals surface area (Å²) in [7, 11) is 0. The van der Waals surface area contributed by atoms with Crippen LogP contribution in [0.4, 0.5) is 5.69 Å². The molecule has 25 heavy (non-hydrogen) atoms. The van der Waals surface area contributed by atoms with Crippen LogP contribution in [0.2, 0.25) is 5.02 Å². The first-order valence-corrected chi connectivity index (χ1v) is 8.90. The molecule has 0 saturated carbocycles. The van der Waals surface area contributed by atoms with E-state index in [9.17, 15) is 9.59 Å². The summed E-state index contributed by atoms with van der Waals surface area (Å²) in [6.45, 7) is 2.70. The summed E-state index contributed by atoms with van der Waals surface area (Å²) in [5.41, 5.74) is 1.94. The lowest BCUT2D eigenvalue weighted by Crippen LogP contribution is -2.26. The van der Waals surface area contributed by atoms with Crippen molar-refractivity contribution >= 4 is 29.1 Å². The minimum Gasteiger partial charge on any atom is -0.352 e. The van der Waals surface area contributed by atoms with E-state index in [1.165, 1.54) is 0 Å². The van der Waals surface area contributed by atoms with Gasteiger partial charge < -0.3 is 10.6 Å². The molecule has 0 unspecified atom stereocenters. The molecule has 2 amide bonds. The second kappa shape index (κ2) is 9.84. The van der Waals surface area contributed by atoms with Gasteiger partial charge in [-0.25, -0.2) is 0 Å². The lowest BCUT2D eigenvalue weighted by molar-refractivity contribution is -0.116. The van der Waals surface area contributed by atoms with Crippen LogP contribution in [0.15, 0.2) is 48.5 Å². The lowest BCUT2D eigenvalue weighted by atomic mass is 10.1. The van der Waals surface area contributed by atoms with E-state index >= 15 is 0 Å². The van der Waals surface area contributed by atoms with E-state index < -0.39 is 0 Å². The molecule has 0 radical (unpaired) electrons. The number of hydrogen-bond acceptors (Lipinski definition) is 2. The molecule has 0 heterocycles. The van der Waals surface area contributed by atoms with E-state index in [1.54, 1.807) is 24.3 Å². The number of nitrogens with one attached hydrogen (secondary N) is 2. The van der Waals surface area contributed by atoms with E-state index in [0.29, 0.717) is 35.7 Å². The second-order valence-electron chi connectivity index (χ2n) is 5.79. The van der Waals surface area contributed by atoms with E-state index in [2.05, 4.69) is 17.6 Å². The number of aryl methyl sites for hydroxylation is 1. The number of carbonyl (C=O) groups excluding carboxylic acids is 2. The Balaban J connectivity index is 1.96. The van der Waals surface area contributed by atoms with Crippen molar-refractivity contribution in [1.29, 1.82) is 0 Å². The van der Waals surface area contributed by atoms with Gasteiger partial charge >= 0.3 is 0 Å². The van der Waals surface area contributed by atoms with Crippen molar-refractivity contribution in [3.8, 4) is 0 Å². The highest BCUT2D eigenvalue weighted by molar-refractivity contribution is 6.31. The Morgan fingerprint density at radius 3 is 2.52 bits per heavy atom. The molecular weight excluding hydrogens is 336 g/mol. The number of benzene rings is 2. The predicted molar refractivity (Wildman–Crippen MR) is 102 cm³/mol. The average molecular weight is 359 g/mol. The maximum absolute atomic E-state index is 12.3. The van der Waals surface area contributed by atoms with Gasteiger partial charge in [-0.3, -0.25) is 9.59 Å². The SMILES string of the molecule is CCCCNC(=O)c1ccccc1NC(=O)CCc1ccccc1Cl. The molecule has 0 aromatic heterocycles. The van der Waals surface area contributed by atoms with Gasteiger partial charge in [0.05, 0.1) is 11.3 Å². The van der Waals surface area contributed by atoms with Crippen LogP contribution in [0.3, 0.4) is 0 Å². The molecule has 0 spiro atoms. The molecule has 2 aromatic rings. The number of unbranched alkanes of at least 4 members (excludes halogenated alkanes) is 1. The molecule has 2 rings (SSSR count). The molecule has 132 valence electrons. The number of anilines is 1. The molecular formula is C20H23ClN2O2. The van der Waals surface area contributed by atoms with Gasteiger partial charge in [0.15, 0.2) is 0 Å². The third-order valence-corrected chi connectivity index (χ3v) is 4.21. The van der Waals surface area contributed by atoms with Gasteiger partial charge in [0, 0.05) is 18.0 Å². The summed E-state index contributed by atoms with van der Waals surface area (Å²) >= 11 is 6.11. The number of halogens is 1. The molecule has 0 bridgehead atoms. The van der Waals surface area contributed by atoms with Crippen molar-refractivity contribution in [2.45, 2.75) is 32.6 Å². The van der Waals surface area contributed by atoms with Crippen LogP contribution >= 0.6 is 11.6 Å². The number of carbonyl (C=O) groups is 2. The third kappa shape index (κ3) is 5.91. The van der Waals surface area contributed by atoms with Crippen molar-refractivity contribution < 1.29 is 9.59 Å². The Morgan fingerprint density at radius 2 is 1.76 bits per heavy atom. The Bertz CT molecular complexity index is 731. The zero-order valence-corrected chi connectivity index (χ0v) is 15.1. The maximum atomic E-state index is 12.3.